The van der Waals surface area contributed by atoms with E-state index >= 15 is 0 Å². The van der Waals surface area contributed by atoms with Crippen molar-refractivity contribution in [1.82, 2.24) is 0 Å². The van der Waals surface area contributed by atoms with Crippen LogP contribution >= 0.6 is 0 Å². The van der Waals surface area contributed by atoms with Crippen LogP contribution in [0.2, 0.25) is 0 Å². The van der Waals surface area contributed by atoms with E-state index < -0.39 is 22.3 Å². The highest BCUT2D eigenvalue weighted by Gasteiger charge is 3.00. The molecule has 8 unspecified atom stereocenters. The number of ether oxygens (including phenoxy) is 2. The van der Waals surface area contributed by atoms with Crippen LogP contribution in [0, 0.1) is 40.4 Å². The number of hydrogen-bond donors (Lipinski definition) is 1. The smallest absolute Gasteiger partial charge is 0.313 e. The number of benzene rings is 2. The van der Waals surface area contributed by atoms with Gasteiger partial charge in [0.05, 0.1) is 25.6 Å². The summed E-state index contributed by atoms with van der Waals surface area (Å²) in [5.41, 5.74) is -1.18. The van der Waals surface area contributed by atoms with Crippen LogP contribution < -0.4 is 0 Å². The summed E-state index contributed by atoms with van der Waals surface area (Å²) in [6.45, 7) is 0. The van der Waals surface area contributed by atoms with Crippen molar-refractivity contribution in [3.05, 3.63) is 71.8 Å². The Hall–Kier alpha value is -2.66. The lowest BCUT2D eigenvalue weighted by Gasteiger charge is -2.61. The van der Waals surface area contributed by atoms with Gasteiger partial charge in [-0.05, 0) is 41.7 Å². The number of methoxy groups -OCH3 is 2. The van der Waals surface area contributed by atoms with Gasteiger partial charge in [0.2, 0.25) is 0 Å². The van der Waals surface area contributed by atoms with Crippen LogP contribution in [0.5, 0.6) is 0 Å². The third-order valence-electron chi connectivity index (χ3n) is 9.30. The molecule has 8 atom stereocenters. The highest BCUT2D eigenvalue weighted by molar-refractivity contribution is 5.92. The molecule has 8 rings (SSSR count). The van der Waals surface area contributed by atoms with Crippen LogP contribution in [0.25, 0.3) is 0 Å². The standard InChI is InChI=1S/C26H26O5/c1-30-22(27)20-17-13-18-21-19(17)24(25(18,20)23(28)31-2,14-15-9-5-3-6-10-15)26(21,29)16-11-7-4-8-12-16/h3-12,17-21,29H,13-14H2,1-2H3. The van der Waals surface area contributed by atoms with Gasteiger partial charge in [0, 0.05) is 11.3 Å². The lowest BCUT2D eigenvalue weighted by molar-refractivity contribution is -0.243. The first-order valence-electron chi connectivity index (χ1n) is 11.0. The topological polar surface area (TPSA) is 72.8 Å². The third kappa shape index (κ3) is 1.74. The van der Waals surface area contributed by atoms with E-state index in [1.807, 2.05) is 60.7 Å². The first kappa shape index (κ1) is 19.1. The van der Waals surface area contributed by atoms with Crippen LogP contribution in [0.4, 0.5) is 0 Å². The Labute approximate surface area is 181 Å². The Morgan fingerprint density at radius 3 is 2.23 bits per heavy atom. The fourth-order valence-electron chi connectivity index (χ4n) is 8.94. The van der Waals surface area contributed by atoms with E-state index in [0.29, 0.717) is 6.42 Å². The number of aliphatic hydroxyl groups is 1. The highest BCUT2D eigenvalue weighted by Crippen LogP contribution is 2.96. The quantitative estimate of drug-likeness (QED) is 0.756. The Balaban J connectivity index is 1.63. The molecular formula is C26H26O5. The summed E-state index contributed by atoms with van der Waals surface area (Å²) in [5.74, 6) is -1.31. The SMILES string of the molecule is COC(=O)C1C2CC3C4C2C(Cc2ccccc2)(C4(O)c2ccccc2)C31C(=O)OC. The van der Waals surface area contributed by atoms with Crippen LogP contribution in [-0.2, 0) is 31.1 Å². The van der Waals surface area contributed by atoms with Crippen molar-refractivity contribution < 1.29 is 24.2 Å². The van der Waals surface area contributed by atoms with Crippen LogP contribution in [-0.4, -0.2) is 31.3 Å². The molecule has 6 saturated carbocycles. The van der Waals surface area contributed by atoms with Gasteiger partial charge < -0.3 is 14.6 Å². The molecule has 0 aliphatic heterocycles. The number of carbonyl (C=O) groups is 2. The normalized spacial score (nSPS) is 43.0. The number of hydrogen-bond acceptors (Lipinski definition) is 5. The molecule has 31 heavy (non-hydrogen) atoms. The maximum absolute atomic E-state index is 13.7. The summed E-state index contributed by atoms with van der Waals surface area (Å²) in [4.78, 5) is 26.7. The minimum atomic E-state index is -1.19. The molecular weight excluding hydrogens is 392 g/mol. The summed E-state index contributed by atoms with van der Waals surface area (Å²) in [5, 5.41) is 12.5. The number of rotatable bonds is 5. The summed E-state index contributed by atoms with van der Waals surface area (Å²) >= 11 is 0. The molecule has 6 bridgehead atoms. The van der Waals surface area contributed by atoms with Crippen LogP contribution in [0.1, 0.15) is 17.5 Å². The van der Waals surface area contributed by atoms with Crippen molar-refractivity contribution in [3.8, 4) is 0 Å². The second-order valence-electron chi connectivity index (χ2n) is 9.69. The molecule has 0 saturated heterocycles. The molecule has 0 aromatic heterocycles. The van der Waals surface area contributed by atoms with E-state index in [2.05, 4.69) is 0 Å². The van der Waals surface area contributed by atoms with Crippen molar-refractivity contribution in [1.29, 1.82) is 0 Å². The molecule has 1 N–H and O–H groups in total. The van der Waals surface area contributed by atoms with Gasteiger partial charge in [0.1, 0.15) is 5.60 Å². The van der Waals surface area contributed by atoms with Crippen molar-refractivity contribution in [2.24, 2.45) is 40.4 Å². The van der Waals surface area contributed by atoms with Gasteiger partial charge in [-0.1, -0.05) is 60.7 Å². The molecule has 0 heterocycles. The Bertz CT molecular complexity index is 1070. The first-order valence-corrected chi connectivity index (χ1v) is 11.0. The average molecular weight is 418 g/mol. The van der Waals surface area contributed by atoms with Gasteiger partial charge in [-0.25, -0.2) is 0 Å². The van der Waals surface area contributed by atoms with Crippen LogP contribution in [0.3, 0.4) is 0 Å². The fourth-order valence-corrected chi connectivity index (χ4v) is 8.94. The van der Waals surface area contributed by atoms with Crippen molar-refractivity contribution in [2.45, 2.75) is 18.4 Å². The molecule has 6 aliphatic carbocycles. The van der Waals surface area contributed by atoms with Gasteiger partial charge >= 0.3 is 11.9 Å². The van der Waals surface area contributed by atoms with Crippen LogP contribution in [0.15, 0.2) is 60.7 Å². The molecule has 5 heteroatoms. The molecule has 160 valence electrons. The maximum atomic E-state index is 13.7. The number of esters is 2. The molecule has 6 aliphatic rings. The zero-order valence-corrected chi connectivity index (χ0v) is 17.7. The molecule has 6 fully saturated rings. The van der Waals surface area contributed by atoms with Gasteiger partial charge in [-0.3, -0.25) is 9.59 Å². The van der Waals surface area contributed by atoms with Crippen molar-refractivity contribution in [2.75, 3.05) is 14.2 Å². The molecule has 0 spiro atoms. The Morgan fingerprint density at radius 1 is 0.968 bits per heavy atom. The van der Waals surface area contributed by atoms with E-state index in [0.717, 1.165) is 17.5 Å². The minimum absolute atomic E-state index is 0.0363. The third-order valence-corrected chi connectivity index (χ3v) is 9.30. The Kier molecular flexibility index (Phi) is 3.67. The van der Waals surface area contributed by atoms with Crippen molar-refractivity contribution >= 4 is 11.9 Å². The van der Waals surface area contributed by atoms with E-state index in [9.17, 15) is 14.7 Å². The molecule has 2 aromatic carbocycles. The zero-order chi connectivity index (χ0) is 21.6. The summed E-state index contributed by atoms with van der Waals surface area (Å²) in [7, 11) is 2.78. The summed E-state index contributed by atoms with van der Waals surface area (Å²) < 4.78 is 10.6. The largest absolute Gasteiger partial charge is 0.469 e. The second-order valence-corrected chi connectivity index (χ2v) is 9.69. The van der Waals surface area contributed by atoms with E-state index in [1.165, 1.54) is 14.2 Å². The predicted octanol–water partition coefficient (Wildman–Crippen LogP) is 2.96. The predicted molar refractivity (Wildman–Crippen MR) is 111 cm³/mol. The van der Waals surface area contributed by atoms with Crippen molar-refractivity contribution in [3.63, 3.8) is 0 Å². The molecule has 0 amide bonds. The van der Waals surface area contributed by atoms with Gasteiger partial charge in [0.25, 0.3) is 0 Å². The van der Waals surface area contributed by atoms with Gasteiger partial charge in [-0.15, -0.1) is 0 Å². The highest BCUT2D eigenvalue weighted by atomic mass is 16.5. The van der Waals surface area contributed by atoms with E-state index in [-0.39, 0.29) is 35.6 Å². The Morgan fingerprint density at radius 2 is 1.61 bits per heavy atom. The van der Waals surface area contributed by atoms with E-state index in [4.69, 9.17) is 9.47 Å². The lowest BCUT2D eigenvalue weighted by atomic mass is 9.44. The van der Waals surface area contributed by atoms with E-state index in [1.54, 1.807) is 0 Å². The number of carbonyl (C=O) groups excluding carboxylic acids is 2. The van der Waals surface area contributed by atoms with Gasteiger partial charge in [0.15, 0.2) is 0 Å². The maximum Gasteiger partial charge on any atom is 0.313 e. The fraction of sp³-hybridized carbons (Fsp3) is 0.462. The minimum Gasteiger partial charge on any atom is -0.469 e. The lowest BCUT2D eigenvalue weighted by Crippen LogP contribution is -2.66. The first-order chi connectivity index (χ1) is 15.0. The zero-order valence-electron chi connectivity index (χ0n) is 17.7. The monoisotopic (exact) mass is 418 g/mol. The molecule has 2 aromatic rings. The summed E-state index contributed by atoms with van der Waals surface area (Å²) in [6, 6.07) is 19.7. The summed E-state index contributed by atoms with van der Waals surface area (Å²) in [6.07, 6.45) is 1.28. The average Bonchev–Trinajstić information content (AvgIpc) is 3.51. The molecule has 0 radical (unpaired) electrons. The second kappa shape index (κ2) is 5.98. The van der Waals surface area contributed by atoms with Gasteiger partial charge in [-0.2, -0.15) is 0 Å². The molecule has 5 nitrogen and oxygen atoms in total.